The Bertz CT molecular complexity index is 1260. The van der Waals surface area contributed by atoms with Crippen LogP contribution in [0.2, 0.25) is 0 Å². The van der Waals surface area contributed by atoms with Crippen LogP contribution in [0.3, 0.4) is 0 Å². The summed E-state index contributed by atoms with van der Waals surface area (Å²) in [7, 11) is 0. The second-order valence-corrected chi connectivity index (χ2v) is 8.79. The summed E-state index contributed by atoms with van der Waals surface area (Å²) in [5.74, 6) is -1.57. The molecule has 0 saturated carbocycles. The van der Waals surface area contributed by atoms with Gasteiger partial charge in [0.2, 0.25) is 5.91 Å². The number of benzene rings is 3. The van der Waals surface area contributed by atoms with Crippen molar-refractivity contribution in [3.05, 3.63) is 106 Å². The van der Waals surface area contributed by atoms with E-state index in [1.54, 1.807) is 42.2 Å². The minimum Gasteiger partial charge on any atom is -0.391 e. The molecule has 0 aliphatic carbocycles. The molecule has 0 radical (unpaired) electrons. The van der Waals surface area contributed by atoms with Crippen molar-refractivity contribution in [2.75, 3.05) is 13.1 Å². The van der Waals surface area contributed by atoms with E-state index in [1.165, 1.54) is 42.5 Å². The fourth-order valence-electron chi connectivity index (χ4n) is 4.30. The summed E-state index contributed by atoms with van der Waals surface area (Å²) in [4.78, 5) is 20.9. The van der Waals surface area contributed by atoms with Crippen LogP contribution in [0, 0.1) is 28.8 Å². The van der Waals surface area contributed by atoms with E-state index in [-0.39, 0.29) is 18.1 Å². The summed E-state index contributed by atoms with van der Waals surface area (Å²) < 4.78 is 40.7. The van der Waals surface area contributed by atoms with E-state index >= 15 is 0 Å². The molecule has 184 valence electrons. The molecule has 0 spiro atoms. The predicted molar refractivity (Wildman–Crippen MR) is 128 cm³/mol. The summed E-state index contributed by atoms with van der Waals surface area (Å²) in [5, 5.41) is 13.1. The van der Waals surface area contributed by atoms with Crippen LogP contribution < -0.4 is 0 Å². The van der Waals surface area contributed by atoms with Crippen LogP contribution in [0.4, 0.5) is 13.2 Å². The van der Waals surface area contributed by atoms with E-state index < -0.39 is 22.9 Å². The predicted octanol–water partition coefficient (Wildman–Crippen LogP) is 5.48. The summed E-state index contributed by atoms with van der Waals surface area (Å²) in [6.45, 7) is 2.68. The van der Waals surface area contributed by atoms with E-state index in [4.69, 9.17) is 10.1 Å². The van der Waals surface area contributed by atoms with Crippen LogP contribution in [0.5, 0.6) is 0 Å². The zero-order chi connectivity index (χ0) is 25.7. The molecule has 0 N–H and O–H groups in total. The average molecular weight is 492 g/mol. The first-order valence-corrected chi connectivity index (χ1v) is 11.5. The Morgan fingerprint density at radius 2 is 1.53 bits per heavy atom. The molecule has 5 nitrogen and oxygen atoms in total. The van der Waals surface area contributed by atoms with Gasteiger partial charge in [0, 0.05) is 25.9 Å². The lowest BCUT2D eigenvalue weighted by atomic mass is 9.74. The van der Waals surface area contributed by atoms with Gasteiger partial charge in [0.25, 0.3) is 0 Å². The van der Waals surface area contributed by atoms with Gasteiger partial charge in [-0.3, -0.25) is 4.79 Å². The fraction of sp³-hybridized carbons (Fsp3) is 0.250. The van der Waals surface area contributed by atoms with Crippen LogP contribution in [-0.2, 0) is 21.7 Å². The third kappa shape index (κ3) is 5.25. The zero-order valence-electron chi connectivity index (χ0n) is 19.7. The average Bonchev–Trinajstić information content (AvgIpc) is 2.90. The molecule has 3 aromatic carbocycles. The van der Waals surface area contributed by atoms with Gasteiger partial charge in [-0.2, -0.15) is 5.26 Å². The van der Waals surface area contributed by atoms with Gasteiger partial charge < -0.3 is 9.74 Å². The van der Waals surface area contributed by atoms with Crippen LogP contribution in [0.25, 0.3) is 0 Å². The van der Waals surface area contributed by atoms with E-state index in [0.717, 1.165) is 5.71 Å². The Morgan fingerprint density at radius 3 is 2.06 bits per heavy atom. The van der Waals surface area contributed by atoms with Gasteiger partial charge in [0.1, 0.15) is 30.1 Å². The highest BCUT2D eigenvalue weighted by molar-refractivity contribution is 5.94. The molecule has 36 heavy (non-hydrogen) atoms. The highest BCUT2D eigenvalue weighted by Crippen LogP contribution is 2.35. The normalized spacial score (nSPS) is 13.8. The molecule has 1 aliphatic heterocycles. The Labute approximate surface area is 207 Å². The number of piperidine rings is 1. The molecular formula is C28H24F3N3O2. The van der Waals surface area contributed by atoms with Gasteiger partial charge in [-0.25, -0.2) is 13.2 Å². The summed E-state index contributed by atoms with van der Waals surface area (Å²) in [6.07, 6.45) is 1.00. The van der Waals surface area contributed by atoms with Gasteiger partial charge in [0.05, 0.1) is 16.7 Å². The number of likely N-dealkylation sites (tertiary alicyclic amines) is 1. The molecule has 3 aromatic rings. The molecule has 1 fully saturated rings. The molecule has 1 heterocycles. The Balaban J connectivity index is 1.45. The van der Waals surface area contributed by atoms with Gasteiger partial charge in [0.15, 0.2) is 0 Å². The van der Waals surface area contributed by atoms with Crippen molar-refractivity contribution in [2.24, 2.45) is 5.16 Å². The fourth-order valence-corrected chi connectivity index (χ4v) is 4.30. The first-order chi connectivity index (χ1) is 17.3. The number of hydrogen-bond acceptors (Lipinski definition) is 4. The van der Waals surface area contributed by atoms with Crippen LogP contribution >= 0.6 is 0 Å². The maximum absolute atomic E-state index is 13.8. The molecule has 1 aliphatic rings. The number of oxime groups is 1. The summed E-state index contributed by atoms with van der Waals surface area (Å²) in [5.41, 5.74) is 1.44. The highest BCUT2D eigenvalue weighted by atomic mass is 19.1. The lowest BCUT2D eigenvalue weighted by molar-refractivity contribution is -0.135. The number of nitriles is 1. The van der Waals surface area contributed by atoms with Crippen LogP contribution in [0.1, 0.15) is 42.0 Å². The molecule has 1 amide bonds. The zero-order valence-corrected chi connectivity index (χ0v) is 19.7. The lowest BCUT2D eigenvalue weighted by Crippen LogP contribution is -2.49. The van der Waals surface area contributed by atoms with E-state index in [2.05, 4.69) is 5.16 Å². The van der Waals surface area contributed by atoms with Crippen LogP contribution in [-0.4, -0.2) is 29.6 Å². The number of amides is 1. The van der Waals surface area contributed by atoms with Crippen molar-refractivity contribution in [1.29, 1.82) is 5.26 Å². The maximum Gasteiger partial charge on any atom is 0.237 e. The van der Waals surface area contributed by atoms with E-state index in [0.29, 0.717) is 42.6 Å². The van der Waals surface area contributed by atoms with Crippen molar-refractivity contribution in [3.63, 3.8) is 0 Å². The Morgan fingerprint density at radius 1 is 0.972 bits per heavy atom. The lowest BCUT2D eigenvalue weighted by Gasteiger charge is -2.37. The number of carbonyl (C=O) groups excluding carboxylic acids is 1. The molecule has 4 rings (SSSR count). The van der Waals surface area contributed by atoms with Crippen LogP contribution in [0.15, 0.2) is 71.9 Å². The minimum atomic E-state index is -1.13. The SMILES string of the molecule is CC(C(=O)N1CCC(=NOCc2ccc(F)c(C#N)c2)CC1)(c1ccc(F)cc1)c1ccc(F)cc1. The topological polar surface area (TPSA) is 65.7 Å². The Kier molecular flexibility index (Phi) is 7.39. The molecule has 8 heteroatoms. The first kappa shape index (κ1) is 25.0. The molecule has 0 atom stereocenters. The highest BCUT2D eigenvalue weighted by Gasteiger charge is 2.41. The standard InChI is InChI=1S/C28H24F3N3O2/c1-28(21-3-7-23(29)8-4-21,22-5-9-24(30)10-6-22)27(35)34-14-12-25(13-15-34)33-36-18-19-2-11-26(31)20(16-19)17-32/h2-11,16H,12-15,18H2,1H3. The summed E-state index contributed by atoms with van der Waals surface area (Å²) >= 11 is 0. The van der Waals surface area contributed by atoms with Crippen molar-refractivity contribution in [2.45, 2.75) is 31.8 Å². The Hall–Kier alpha value is -4.12. The number of nitrogens with zero attached hydrogens (tertiary/aromatic N) is 3. The van der Waals surface area contributed by atoms with Crippen molar-refractivity contribution < 1.29 is 22.8 Å². The number of carbonyl (C=O) groups is 1. The molecular weight excluding hydrogens is 467 g/mol. The summed E-state index contributed by atoms with van der Waals surface area (Å²) in [6, 6.07) is 17.5. The third-order valence-corrected chi connectivity index (χ3v) is 6.47. The smallest absolute Gasteiger partial charge is 0.237 e. The molecule has 1 saturated heterocycles. The maximum atomic E-state index is 13.8. The second kappa shape index (κ2) is 10.6. The molecule has 0 unspecified atom stereocenters. The number of rotatable bonds is 6. The monoisotopic (exact) mass is 491 g/mol. The van der Waals surface area contributed by atoms with E-state index in [1.807, 2.05) is 0 Å². The quantitative estimate of drug-likeness (QED) is 0.429. The third-order valence-electron chi connectivity index (χ3n) is 6.47. The van der Waals surface area contributed by atoms with Gasteiger partial charge in [-0.1, -0.05) is 35.5 Å². The van der Waals surface area contributed by atoms with Crippen molar-refractivity contribution in [1.82, 2.24) is 4.90 Å². The van der Waals surface area contributed by atoms with Crippen molar-refractivity contribution in [3.8, 4) is 6.07 Å². The van der Waals surface area contributed by atoms with Gasteiger partial charge >= 0.3 is 0 Å². The van der Waals surface area contributed by atoms with Gasteiger partial charge in [-0.15, -0.1) is 0 Å². The first-order valence-electron chi connectivity index (χ1n) is 11.5. The minimum absolute atomic E-state index is 0.0547. The van der Waals surface area contributed by atoms with Gasteiger partial charge in [-0.05, 0) is 60.0 Å². The number of hydrogen-bond donors (Lipinski definition) is 0. The van der Waals surface area contributed by atoms with E-state index in [9.17, 15) is 18.0 Å². The second-order valence-electron chi connectivity index (χ2n) is 8.79. The van der Waals surface area contributed by atoms with Crippen molar-refractivity contribution >= 4 is 11.6 Å². The largest absolute Gasteiger partial charge is 0.391 e. The molecule has 0 aromatic heterocycles. The number of halogens is 3. The molecule has 0 bridgehead atoms.